The second-order valence-corrected chi connectivity index (χ2v) is 14.7. The van der Waals surface area contributed by atoms with Crippen LogP contribution in [-0.2, 0) is 0 Å². The lowest BCUT2D eigenvalue weighted by atomic mass is 9.95. The van der Waals surface area contributed by atoms with Crippen molar-refractivity contribution in [1.82, 2.24) is 25.2 Å². The summed E-state index contributed by atoms with van der Waals surface area (Å²) in [7, 11) is 1.47. The molecule has 9 rings (SSSR count). The molecule has 2 aliphatic carbocycles. The molecule has 3 aliphatic heterocycles. The average molecular weight is 653 g/mol. The Morgan fingerprint density at radius 3 is 2.65 bits per heavy atom. The minimum atomic E-state index is -0.762. The van der Waals surface area contributed by atoms with Gasteiger partial charge in [-0.25, -0.2) is 13.8 Å². The molecular weight excluding hydrogens is 614 g/mol. The molecule has 48 heavy (non-hydrogen) atoms. The van der Waals surface area contributed by atoms with Gasteiger partial charge >= 0.3 is 6.01 Å². The maximum atomic E-state index is 17.1. The van der Waals surface area contributed by atoms with Crippen molar-refractivity contribution >= 4 is 27.5 Å². The Morgan fingerprint density at radius 1 is 1.08 bits per heavy atom. The van der Waals surface area contributed by atoms with Gasteiger partial charge in [-0.2, -0.15) is 9.97 Å². The summed E-state index contributed by atoms with van der Waals surface area (Å²) in [5.74, 6) is 3.21. The van der Waals surface area contributed by atoms with Crippen LogP contribution in [0.4, 0.5) is 14.6 Å². The Kier molecular flexibility index (Phi) is 6.76. The highest BCUT2D eigenvalue weighted by Crippen LogP contribution is 2.51. The van der Waals surface area contributed by atoms with Crippen molar-refractivity contribution < 1.29 is 23.4 Å². The van der Waals surface area contributed by atoms with Crippen molar-refractivity contribution in [2.75, 3.05) is 44.8 Å². The van der Waals surface area contributed by atoms with Crippen LogP contribution < -0.4 is 19.7 Å². The van der Waals surface area contributed by atoms with Crippen LogP contribution >= 0.6 is 0 Å². The Bertz CT molecular complexity index is 2020. The van der Waals surface area contributed by atoms with Gasteiger partial charge in [0.2, 0.25) is 5.88 Å². The first kappa shape index (κ1) is 29.8. The Labute approximate surface area is 277 Å². The number of rotatable bonds is 8. The van der Waals surface area contributed by atoms with E-state index in [9.17, 15) is 9.50 Å². The zero-order valence-electron chi connectivity index (χ0n) is 27.1. The number of likely N-dealkylation sites (tertiary alicyclic amines) is 1. The molecule has 5 heterocycles. The number of fused-ring (bicyclic) bond motifs is 5. The van der Waals surface area contributed by atoms with Crippen LogP contribution in [0.1, 0.15) is 44.6 Å². The van der Waals surface area contributed by atoms with Crippen molar-refractivity contribution in [3.63, 3.8) is 0 Å². The fourth-order valence-corrected chi connectivity index (χ4v) is 8.57. The van der Waals surface area contributed by atoms with Gasteiger partial charge in [0, 0.05) is 60.7 Å². The normalized spacial score (nSPS) is 26.9. The number of ether oxygens (including phenoxy) is 2. The van der Waals surface area contributed by atoms with Gasteiger partial charge in [0.05, 0.1) is 19.3 Å². The number of terminal acetylenes is 1. The van der Waals surface area contributed by atoms with E-state index in [1.54, 1.807) is 0 Å². The highest BCUT2D eigenvalue weighted by atomic mass is 19.1. The largest absolute Gasteiger partial charge is 0.508 e. The average Bonchev–Trinajstić information content (AvgIpc) is 3.93. The first-order chi connectivity index (χ1) is 23.2. The highest BCUT2D eigenvalue weighted by molar-refractivity contribution is 6.04. The standard InChI is InChI=1S/C37H38F2N6O3/c1-4-25-27(38)7-5-20-12-24(46)13-26(29(20)25)32-31(39)33-30(35(41-32)47-3)34(45-16-23-6-8-28(40-23)19(45)2)43-36(42-33)48-18-37(9-10-37)17-44-14-21-11-22(21)15-44/h1,5,7,12-13,19,21-23,28,40,46H,6,8-11,14-18H2,2-3H3. The van der Waals surface area contributed by atoms with E-state index < -0.39 is 11.6 Å². The van der Waals surface area contributed by atoms with E-state index in [-0.39, 0.29) is 68.9 Å². The number of phenols is 1. The number of anilines is 1. The van der Waals surface area contributed by atoms with Crippen molar-refractivity contribution in [1.29, 1.82) is 0 Å². The third kappa shape index (κ3) is 4.83. The summed E-state index contributed by atoms with van der Waals surface area (Å²) in [4.78, 5) is 19.0. The number of halogens is 2. The number of hydrogen-bond acceptors (Lipinski definition) is 9. The predicted molar refractivity (Wildman–Crippen MR) is 178 cm³/mol. The molecule has 0 amide bonds. The van der Waals surface area contributed by atoms with Gasteiger partial charge in [0.15, 0.2) is 5.82 Å². The lowest BCUT2D eigenvalue weighted by molar-refractivity contribution is 0.163. The summed E-state index contributed by atoms with van der Waals surface area (Å²) in [6.45, 7) is 6.61. The van der Waals surface area contributed by atoms with Crippen LogP contribution in [0.5, 0.6) is 17.6 Å². The number of hydrogen-bond donors (Lipinski definition) is 2. The number of aromatic nitrogens is 3. The maximum absolute atomic E-state index is 17.1. The van der Waals surface area contributed by atoms with Gasteiger partial charge in [0.25, 0.3) is 0 Å². The SMILES string of the molecule is C#Cc1c(F)ccc2cc(O)cc(-c3nc(OC)c4c(N5CC6CCC(N6)C5C)nc(OCC5(CN6CC7CC7C6)CC5)nc4c3F)c12. The second kappa shape index (κ2) is 10.9. The maximum Gasteiger partial charge on any atom is 0.319 e. The van der Waals surface area contributed by atoms with Crippen LogP contribution in [0.3, 0.4) is 0 Å². The summed E-state index contributed by atoms with van der Waals surface area (Å²) in [6.07, 6.45) is 11.3. The number of methoxy groups -OCH3 is 1. The summed E-state index contributed by atoms with van der Waals surface area (Å²) in [5, 5.41) is 15.4. The molecule has 5 unspecified atom stereocenters. The number of phenolic OH excluding ortho intramolecular Hbond substituents is 1. The molecule has 248 valence electrons. The fourth-order valence-electron chi connectivity index (χ4n) is 8.57. The summed E-state index contributed by atoms with van der Waals surface area (Å²) in [6, 6.07) is 6.23. The minimum absolute atomic E-state index is 0.0189. The first-order valence-corrected chi connectivity index (χ1v) is 17.0. The number of nitrogens with one attached hydrogen (secondary N) is 1. The van der Waals surface area contributed by atoms with Gasteiger partial charge in [0.1, 0.15) is 34.0 Å². The monoisotopic (exact) mass is 652 g/mol. The van der Waals surface area contributed by atoms with Crippen LogP contribution in [0.25, 0.3) is 32.9 Å². The molecule has 0 radical (unpaired) electrons. The number of benzene rings is 2. The van der Waals surface area contributed by atoms with Gasteiger partial charge in [-0.3, -0.25) is 0 Å². The number of aromatic hydroxyl groups is 1. The molecule has 0 spiro atoms. The van der Waals surface area contributed by atoms with Gasteiger partial charge in [-0.05, 0) is 74.4 Å². The van der Waals surface area contributed by atoms with E-state index in [1.165, 1.54) is 50.9 Å². The molecule has 2 aromatic carbocycles. The zero-order chi connectivity index (χ0) is 32.9. The molecule has 2 saturated carbocycles. The Balaban J connectivity index is 1.19. The lowest BCUT2D eigenvalue weighted by Crippen LogP contribution is -2.57. The van der Waals surface area contributed by atoms with E-state index in [4.69, 9.17) is 20.9 Å². The highest BCUT2D eigenvalue weighted by Gasteiger charge is 2.51. The van der Waals surface area contributed by atoms with E-state index in [1.807, 2.05) is 0 Å². The topological polar surface area (TPSA) is 95.9 Å². The molecule has 11 heteroatoms. The van der Waals surface area contributed by atoms with E-state index >= 15 is 4.39 Å². The molecule has 4 aromatic rings. The summed E-state index contributed by atoms with van der Waals surface area (Å²) in [5.41, 5.74) is -0.0588. The number of piperidine rings is 1. The van der Waals surface area contributed by atoms with Crippen molar-refractivity contribution in [3.05, 3.63) is 41.5 Å². The summed E-state index contributed by atoms with van der Waals surface area (Å²) < 4.78 is 44.3. The Morgan fingerprint density at radius 2 is 1.90 bits per heavy atom. The van der Waals surface area contributed by atoms with Crippen molar-refractivity contribution in [2.24, 2.45) is 17.3 Å². The quantitative estimate of drug-likeness (QED) is 0.247. The van der Waals surface area contributed by atoms with Crippen LogP contribution in [0.15, 0.2) is 24.3 Å². The lowest BCUT2D eigenvalue weighted by Gasteiger charge is -2.40. The molecule has 5 fully saturated rings. The molecule has 5 atom stereocenters. The molecular formula is C37H38F2N6O3. The Hall–Kier alpha value is -4.27. The van der Waals surface area contributed by atoms with Crippen molar-refractivity contribution in [2.45, 2.75) is 57.2 Å². The van der Waals surface area contributed by atoms with Crippen LogP contribution in [-0.4, -0.2) is 83.0 Å². The minimum Gasteiger partial charge on any atom is -0.508 e. The molecule has 3 saturated heterocycles. The summed E-state index contributed by atoms with van der Waals surface area (Å²) >= 11 is 0. The number of pyridine rings is 1. The molecule has 2 aromatic heterocycles. The molecule has 5 aliphatic rings. The van der Waals surface area contributed by atoms with Crippen LogP contribution in [0, 0.1) is 41.2 Å². The van der Waals surface area contributed by atoms with Crippen LogP contribution in [0.2, 0.25) is 0 Å². The molecule has 2 bridgehead atoms. The van der Waals surface area contributed by atoms with Gasteiger partial charge in [-0.15, -0.1) is 6.42 Å². The van der Waals surface area contributed by atoms with E-state index in [0.717, 1.165) is 44.1 Å². The molecule has 9 nitrogen and oxygen atoms in total. The number of piperazine rings is 1. The third-order valence-electron chi connectivity index (χ3n) is 11.5. The fraction of sp³-hybridized carbons (Fsp3) is 0.486. The van der Waals surface area contributed by atoms with Gasteiger partial charge in [-0.1, -0.05) is 12.0 Å². The first-order valence-electron chi connectivity index (χ1n) is 17.0. The number of nitrogens with zero attached hydrogens (tertiary/aromatic N) is 5. The molecule has 2 N–H and O–H groups in total. The smallest absolute Gasteiger partial charge is 0.319 e. The predicted octanol–water partition coefficient (Wildman–Crippen LogP) is 5.26. The van der Waals surface area contributed by atoms with E-state index in [0.29, 0.717) is 29.7 Å². The van der Waals surface area contributed by atoms with E-state index in [2.05, 4.69) is 37.9 Å². The second-order valence-electron chi connectivity index (χ2n) is 14.7. The third-order valence-corrected chi connectivity index (χ3v) is 11.5. The zero-order valence-corrected chi connectivity index (χ0v) is 27.1. The van der Waals surface area contributed by atoms with Gasteiger partial charge < -0.3 is 29.7 Å². The van der Waals surface area contributed by atoms with Crippen molar-refractivity contribution in [3.8, 4) is 41.2 Å².